The van der Waals surface area contributed by atoms with E-state index in [0.29, 0.717) is 5.92 Å². The van der Waals surface area contributed by atoms with E-state index in [9.17, 15) is 10.2 Å². The van der Waals surface area contributed by atoms with Gasteiger partial charge in [0.1, 0.15) is 11.5 Å². The lowest BCUT2D eigenvalue weighted by Gasteiger charge is -2.09. The van der Waals surface area contributed by atoms with Gasteiger partial charge in [-0.2, -0.15) is 0 Å². The summed E-state index contributed by atoms with van der Waals surface area (Å²) in [5.74, 6) is 2.04. The number of rotatable bonds is 4. The van der Waals surface area contributed by atoms with Crippen molar-refractivity contribution in [2.45, 2.75) is 25.2 Å². The first kappa shape index (κ1) is 11.2. The van der Waals surface area contributed by atoms with Crippen LogP contribution in [0.4, 0.5) is 0 Å². The van der Waals surface area contributed by atoms with Crippen LogP contribution in [0.2, 0.25) is 0 Å². The highest BCUT2D eigenvalue weighted by Crippen LogP contribution is 2.32. The van der Waals surface area contributed by atoms with Gasteiger partial charge in [-0.25, -0.2) is 0 Å². The lowest BCUT2D eigenvalue weighted by atomic mass is 10.2. The molecule has 0 spiro atoms. The van der Waals surface area contributed by atoms with Crippen molar-refractivity contribution in [1.82, 2.24) is 0 Å². The Labute approximate surface area is 89.0 Å². The summed E-state index contributed by atoms with van der Waals surface area (Å²) in [6.07, 6.45) is 1.13. The first-order valence-electron chi connectivity index (χ1n) is 4.78. The zero-order valence-corrected chi connectivity index (χ0v) is 9.34. The fourth-order valence-corrected chi connectivity index (χ4v) is 2.09. The standard InChI is InChI=1S/C11H16O2S/c1-3-8(2)7-14-11-6-9(12)4-5-10(11)13/h4-6,8,12-13H,3,7H2,1-2H3. The van der Waals surface area contributed by atoms with Gasteiger partial charge in [-0.15, -0.1) is 11.8 Å². The Hall–Kier alpha value is -0.830. The van der Waals surface area contributed by atoms with Crippen molar-refractivity contribution in [3.63, 3.8) is 0 Å². The van der Waals surface area contributed by atoms with Gasteiger partial charge in [0.2, 0.25) is 0 Å². The number of aromatic hydroxyl groups is 2. The van der Waals surface area contributed by atoms with E-state index in [-0.39, 0.29) is 11.5 Å². The minimum absolute atomic E-state index is 0.203. The summed E-state index contributed by atoms with van der Waals surface area (Å²) in [7, 11) is 0. The smallest absolute Gasteiger partial charge is 0.129 e. The van der Waals surface area contributed by atoms with Gasteiger partial charge in [0.15, 0.2) is 0 Å². The summed E-state index contributed by atoms with van der Waals surface area (Å²) in [4.78, 5) is 0.755. The van der Waals surface area contributed by atoms with Crippen LogP contribution in [0, 0.1) is 5.92 Å². The minimum Gasteiger partial charge on any atom is -0.508 e. The number of phenols is 2. The summed E-state index contributed by atoms with van der Waals surface area (Å²) in [5.41, 5.74) is 0. The van der Waals surface area contributed by atoms with Crippen LogP contribution in [-0.2, 0) is 0 Å². The molecule has 0 heterocycles. The van der Waals surface area contributed by atoms with E-state index in [1.165, 1.54) is 12.1 Å². The SMILES string of the molecule is CCC(C)CSc1cc(O)ccc1O. The maximum absolute atomic E-state index is 9.49. The highest BCUT2D eigenvalue weighted by atomic mass is 32.2. The summed E-state index contributed by atoms with van der Waals surface area (Å²) in [6.45, 7) is 4.32. The van der Waals surface area contributed by atoms with Gasteiger partial charge in [-0.05, 0) is 24.1 Å². The molecule has 1 unspecified atom stereocenters. The Morgan fingerprint density at radius 1 is 1.36 bits per heavy atom. The van der Waals surface area contributed by atoms with Crippen LogP contribution in [0.25, 0.3) is 0 Å². The number of phenolic OH excluding ortho intramolecular Hbond substituents is 2. The molecule has 0 bridgehead atoms. The molecule has 14 heavy (non-hydrogen) atoms. The fourth-order valence-electron chi connectivity index (χ4n) is 0.968. The average Bonchev–Trinajstić information content (AvgIpc) is 2.19. The first-order chi connectivity index (χ1) is 6.63. The summed E-state index contributed by atoms with van der Waals surface area (Å²) >= 11 is 1.58. The van der Waals surface area contributed by atoms with Crippen molar-refractivity contribution in [2.75, 3.05) is 5.75 Å². The predicted octanol–water partition coefficient (Wildman–Crippen LogP) is 3.24. The van der Waals surface area contributed by atoms with Crippen LogP contribution in [0.15, 0.2) is 23.1 Å². The molecule has 1 aromatic carbocycles. The Kier molecular flexibility index (Phi) is 4.14. The third-order valence-electron chi connectivity index (χ3n) is 2.16. The molecule has 0 aliphatic heterocycles. The van der Waals surface area contributed by atoms with E-state index in [4.69, 9.17) is 0 Å². The molecule has 0 saturated heterocycles. The van der Waals surface area contributed by atoms with Gasteiger partial charge >= 0.3 is 0 Å². The highest BCUT2D eigenvalue weighted by molar-refractivity contribution is 7.99. The zero-order valence-electron chi connectivity index (χ0n) is 8.53. The zero-order chi connectivity index (χ0) is 10.6. The van der Waals surface area contributed by atoms with Crippen molar-refractivity contribution in [2.24, 2.45) is 5.92 Å². The lowest BCUT2D eigenvalue weighted by molar-refractivity contribution is 0.448. The molecule has 0 amide bonds. The second-order valence-electron chi connectivity index (χ2n) is 3.48. The second-order valence-corrected chi connectivity index (χ2v) is 4.54. The van der Waals surface area contributed by atoms with Gasteiger partial charge in [-0.1, -0.05) is 20.3 Å². The molecule has 0 fully saturated rings. The largest absolute Gasteiger partial charge is 0.508 e. The molecule has 0 radical (unpaired) electrons. The van der Waals surface area contributed by atoms with E-state index in [0.717, 1.165) is 17.1 Å². The summed E-state index contributed by atoms with van der Waals surface area (Å²) in [6, 6.07) is 4.61. The quantitative estimate of drug-likeness (QED) is 0.594. The van der Waals surface area contributed by atoms with Crippen LogP contribution < -0.4 is 0 Å². The predicted molar refractivity (Wildman–Crippen MR) is 60.0 cm³/mol. The maximum Gasteiger partial charge on any atom is 0.129 e. The molecular formula is C11H16O2S. The molecule has 0 aliphatic carbocycles. The normalized spacial score (nSPS) is 12.7. The Morgan fingerprint density at radius 2 is 2.07 bits per heavy atom. The third-order valence-corrected chi connectivity index (χ3v) is 3.54. The monoisotopic (exact) mass is 212 g/mol. The molecule has 0 saturated carbocycles. The van der Waals surface area contributed by atoms with Crippen molar-refractivity contribution in [3.05, 3.63) is 18.2 Å². The van der Waals surface area contributed by atoms with Crippen molar-refractivity contribution < 1.29 is 10.2 Å². The number of thioether (sulfide) groups is 1. The number of benzene rings is 1. The molecular weight excluding hydrogens is 196 g/mol. The van der Waals surface area contributed by atoms with Crippen LogP contribution >= 0.6 is 11.8 Å². The molecule has 1 rings (SSSR count). The van der Waals surface area contributed by atoms with Crippen molar-refractivity contribution >= 4 is 11.8 Å². The number of hydrogen-bond acceptors (Lipinski definition) is 3. The van der Waals surface area contributed by atoms with E-state index in [1.807, 2.05) is 0 Å². The van der Waals surface area contributed by atoms with Crippen LogP contribution in [0.5, 0.6) is 11.5 Å². The summed E-state index contributed by atoms with van der Waals surface area (Å²) < 4.78 is 0. The Morgan fingerprint density at radius 3 is 2.71 bits per heavy atom. The van der Waals surface area contributed by atoms with Gasteiger partial charge in [0.05, 0.1) is 4.90 Å². The molecule has 0 aliphatic rings. The van der Waals surface area contributed by atoms with Crippen LogP contribution in [0.3, 0.4) is 0 Å². The highest BCUT2D eigenvalue weighted by Gasteiger charge is 2.05. The number of hydrogen-bond donors (Lipinski definition) is 2. The van der Waals surface area contributed by atoms with E-state index in [1.54, 1.807) is 17.8 Å². The topological polar surface area (TPSA) is 40.5 Å². The van der Waals surface area contributed by atoms with Crippen LogP contribution in [0.1, 0.15) is 20.3 Å². The van der Waals surface area contributed by atoms with Crippen molar-refractivity contribution in [1.29, 1.82) is 0 Å². The molecule has 2 N–H and O–H groups in total. The van der Waals surface area contributed by atoms with Gasteiger partial charge < -0.3 is 10.2 Å². The third kappa shape index (κ3) is 3.14. The fraction of sp³-hybridized carbons (Fsp3) is 0.455. The van der Waals surface area contributed by atoms with Crippen LogP contribution in [-0.4, -0.2) is 16.0 Å². The lowest BCUT2D eigenvalue weighted by Crippen LogP contribution is -1.94. The van der Waals surface area contributed by atoms with E-state index >= 15 is 0 Å². The van der Waals surface area contributed by atoms with Gasteiger partial charge in [0, 0.05) is 5.75 Å². The molecule has 1 atom stereocenters. The minimum atomic E-state index is 0.203. The molecule has 3 heteroatoms. The maximum atomic E-state index is 9.49. The summed E-state index contributed by atoms with van der Waals surface area (Å²) in [5, 5.41) is 18.7. The first-order valence-corrected chi connectivity index (χ1v) is 5.76. The average molecular weight is 212 g/mol. The van der Waals surface area contributed by atoms with E-state index in [2.05, 4.69) is 13.8 Å². The van der Waals surface area contributed by atoms with Gasteiger partial charge in [-0.3, -0.25) is 0 Å². The molecule has 78 valence electrons. The molecule has 1 aromatic rings. The Bertz CT molecular complexity index is 299. The molecule has 0 aromatic heterocycles. The van der Waals surface area contributed by atoms with E-state index < -0.39 is 0 Å². The second kappa shape index (κ2) is 5.15. The van der Waals surface area contributed by atoms with Gasteiger partial charge in [0.25, 0.3) is 0 Å². The van der Waals surface area contributed by atoms with Crippen molar-refractivity contribution in [3.8, 4) is 11.5 Å². The Balaban J connectivity index is 2.62. The molecule has 2 nitrogen and oxygen atoms in total.